The Hall–Kier alpha value is -2.94. The Morgan fingerprint density at radius 3 is 1.41 bits per heavy atom. The van der Waals surface area contributed by atoms with Gasteiger partial charge in [0.25, 0.3) is 0 Å². The van der Waals surface area contributed by atoms with Crippen LogP contribution in [0.4, 0.5) is 0 Å². The second-order valence-electron chi connectivity index (χ2n) is 7.55. The zero-order chi connectivity index (χ0) is 19.4. The van der Waals surface area contributed by atoms with E-state index in [-0.39, 0.29) is 11.5 Å². The lowest BCUT2D eigenvalue weighted by atomic mass is 9.92. The van der Waals surface area contributed by atoms with Gasteiger partial charge in [-0.2, -0.15) is 0 Å². The Morgan fingerprint density at radius 2 is 1.04 bits per heavy atom. The molecule has 0 heterocycles. The number of rotatable bonds is 6. The first-order valence-corrected chi connectivity index (χ1v) is 9.30. The summed E-state index contributed by atoms with van der Waals surface area (Å²) in [6.45, 7) is 4.37. The molecule has 27 heavy (non-hydrogen) atoms. The number of benzene rings is 3. The highest BCUT2D eigenvalue weighted by atomic mass is 16.3. The van der Waals surface area contributed by atoms with Crippen molar-refractivity contribution in [1.29, 1.82) is 0 Å². The average Bonchev–Trinajstić information content (AvgIpc) is 2.62. The van der Waals surface area contributed by atoms with Gasteiger partial charge in [0.1, 0.15) is 17.2 Å². The predicted molar refractivity (Wildman–Crippen MR) is 108 cm³/mol. The smallest absolute Gasteiger partial charge is 0.122 e. The van der Waals surface area contributed by atoms with E-state index in [1.54, 1.807) is 24.3 Å². The Balaban J connectivity index is 1.95. The van der Waals surface area contributed by atoms with E-state index in [2.05, 4.69) is 26.0 Å². The lowest BCUT2D eigenvalue weighted by Gasteiger charge is -2.15. The highest BCUT2D eigenvalue weighted by Gasteiger charge is 2.13. The van der Waals surface area contributed by atoms with E-state index in [0.29, 0.717) is 24.5 Å². The van der Waals surface area contributed by atoms with Crippen LogP contribution in [0.25, 0.3) is 0 Å². The van der Waals surface area contributed by atoms with Crippen molar-refractivity contribution in [2.24, 2.45) is 5.92 Å². The van der Waals surface area contributed by atoms with Crippen LogP contribution in [0.15, 0.2) is 60.7 Å². The van der Waals surface area contributed by atoms with E-state index >= 15 is 0 Å². The van der Waals surface area contributed by atoms with Crippen molar-refractivity contribution in [3.05, 3.63) is 88.5 Å². The molecule has 3 heteroatoms. The van der Waals surface area contributed by atoms with Crippen molar-refractivity contribution in [1.82, 2.24) is 0 Å². The normalized spacial score (nSPS) is 11.1. The Morgan fingerprint density at radius 1 is 0.630 bits per heavy atom. The predicted octanol–water partition coefficient (Wildman–Crippen LogP) is 5.18. The Labute approximate surface area is 160 Å². The van der Waals surface area contributed by atoms with Gasteiger partial charge in [0, 0.05) is 12.8 Å². The minimum atomic E-state index is 0.240. The molecule has 3 rings (SSSR count). The third kappa shape index (κ3) is 5.04. The first kappa shape index (κ1) is 18.8. The first-order chi connectivity index (χ1) is 12.9. The topological polar surface area (TPSA) is 60.7 Å². The molecular weight excluding hydrogens is 336 g/mol. The zero-order valence-electron chi connectivity index (χ0n) is 15.8. The van der Waals surface area contributed by atoms with Crippen molar-refractivity contribution >= 4 is 0 Å². The molecule has 0 bridgehead atoms. The summed E-state index contributed by atoms with van der Waals surface area (Å²) in [5.41, 5.74) is 5.09. The van der Waals surface area contributed by atoms with Gasteiger partial charge in [-0.25, -0.2) is 0 Å². The molecular formula is C24H26O3. The molecule has 0 amide bonds. The summed E-state index contributed by atoms with van der Waals surface area (Å²) in [6.07, 6.45) is 2.17. The van der Waals surface area contributed by atoms with Gasteiger partial charge >= 0.3 is 0 Å². The summed E-state index contributed by atoms with van der Waals surface area (Å²) < 4.78 is 0. The van der Waals surface area contributed by atoms with Crippen molar-refractivity contribution in [3.63, 3.8) is 0 Å². The highest BCUT2D eigenvalue weighted by molar-refractivity contribution is 5.48. The van der Waals surface area contributed by atoms with Crippen LogP contribution in [0.2, 0.25) is 0 Å². The SMILES string of the molecule is CC(C)Cc1cc(Cc2ccc(O)cc2)c(O)c(Cc2ccc(O)cc2)c1. The maximum absolute atomic E-state index is 10.9. The van der Waals surface area contributed by atoms with Crippen LogP contribution in [-0.2, 0) is 19.3 Å². The van der Waals surface area contributed by atoms with Gasteiger partial charge in [-0.15, -0.1) is 0 Å². The first-order valence-electron chi connectivity index (χ1n) is 9.30. The van der Waals surface area contributed by atoms with Crippen LogP contribution < -0.4 is 0 Å². The van der Waals surface area contributed by atoms with Gasteiger partial charge in [-0.05, 0) is 64.4 Å². The van der Waals surface area contributed by atoms with Crippen LogP contribution >= 0.6 is 0 Å². The molecule has 0 aliphatic rings. The lowest BCUT2D eigenvalue weighted by molar-refractivity contribution is 0.462. The van der Waals surface area contributed by atoms with Crippen molar-refractivity contribution in [3.8, 4) is 17.2 Å². The third-order valence-corrected chi connectivity index (χ3v) is 4.63. The molecule has 3 N–H and O–H groups in total. The Kier molecular flexibility index (Phi) is 5.70. The van der Waals surface area contributed by atoms with E-state index in [1.807, 2.05) is 24.3 Å². The second kappa shape index (κ2) is 8.17. The third-order valence-electron chi connectivity index (χ3n) is 4.63. The summed E-state index contributed by atoms with van der Waals surface area (Å²) in [6, 6.07) is 18.4. The maximum atomic E-state index is 10.9. The summed E-state index contributed by atoms with van der Waals surface area (Å²) in [7, 11) is 0. The fourth-order valence-corrected chi connectivity index (χ4v) is 3.36. The van der Waals surface area contributed by atoms with E-state index in [9.17, 15) is 15.3 Å². The monoisotopic (exact) mass is 362 g/mol. The fraction of sp³-hybridized carbons (Fsp3) is 0.250. The second-order valence-corrected chi connectivity index (χ2v) is 7.55. The van der Waals surface area contributed by atoms with Crippen LogP contribution in [-0.4, -0.2) is 15.3 Å². The summed E-state index contributed by atoms with van der Waals surface area (Å²) in [5, 5.41) is 29.8. The summed E-state index contributed by atoms with van der Waals surface area (Å²) in [4.78, 5) is 0. The van der Waals surface area contributed by atoms with Gasteiger partial charge in [0.15, 0.2) is 0 Å². The molecule has 0 aliphatic carbocycles. The average molecular weight is 362 g/mol. The quantitative estimate of drug-likeness (QED) is 0.566. The molecule has 0 atom stereocenters. The van der Waals surface area contributed by atoms with Crippen molar-refractivity contribution in [2.75, 3.05) is 0 Å². The molecule has 0 aromatic heterocycles. The van der Waals surface area contributed by atoms with E-state index < -0.39 is 0 Å². The van der Waals surface area contributed by atoms with Crippen molar-refractivity contribution < 1.29 is 15.3 Å². The molecule has 3 aromatic rings. The molecule has 0 saturated carbocycles. The molecule has 0 spiro atoms. The van der Waals surface area contributed by atoms with Gasteiger partial charge in [-0.1, -0.05) is 50.2 Å². The number of aromatic hydroxyl groups is 3. The molecule has 0 saturated heterocycles. The van der Waals surface area contributed by atoms with Crippen molar-refractivity contribution in [2.45, 2.75) is 33.1 Å². The maximum Gasteiger partial charge on any atom is 0.122 e. The minimum Gasteiger partial charge on any atom is -0.508 e. The minimum absolute atomic E-state index is 0.240. The number of phenols is 3. The molecule has 0 fully saturated rings. The van der Waals surface area contributed by atoms with Crippen LogP contribution in [0.3, 0.4) is 0 Å². The molecule has 0 unspecified atom stereocenters. The molecule has 3 nitrogen and oxygen atoms in total. The van der Waals surface area contributed by atoms with Gasteiger partial charge in [0.05, 0.1) is 0 Å². The summed E-state index contributed by atoms with van der Waals surface area (Å²) in [5.74, 6) is 1.33. The fourth-order valence-electron chi connectivity index (χ4n) is 3.36. The lowest BCUT2D eigenvalue weighted by Crippen LogP contribution is -2.01. The largest absolute Gasteiger partial charge is 0.508 e. The number of hydrogen-bond donors (Lipinski definition) is 3. The molecule has 0 aliphatic heterocycles. The highest BCUT2D eigenvalue weighted by Crippen LogP contribution is 2.30. The van der Waals surface area contributed by atoms with E-state index in [4.69, 9.17) is 0 Å². The van der Waals surface area contributed by atoms with Gasteiger partial charge < -0.3 is 15.3 Å². The number of hydrogen-bond acceptors (Lipinski definition) is 3. The standard InChI is InChI=1S/C24H26O3/c1-16(2)11-19-14-20(12-17-3-7-22(25)8-4-17)24(27)21(15-19)13-18-5-9-23(26)10-6-18/h3-10,14-16,25-27H,11-13H2,1-2H3. The van der Waals surface area contributed by atoms with E-state index in [1.165, 1.54) is 5.56 Å². The van der Waals surface area contributed by atoms with Gasteiger partial charge in [0.2, 0.25) is 0 Å². The van der Waals surface area contributed by atoms with Crippen LogP contribution in [0, 0.1) is 5.92 Å². The van der Waals surface area contributed by atoms with Crippen LogP contribution in [0.5, 0.6) is 17.2 Å². The number of phenolic OH excluding ortho intramolecular Hbond substituents is 3. The molecule has 3 aromatic carbocycles. The molecule has 0 radical (unpaired) electrons. The zero-order valence-corrected chi connectivity index (χ0v) is 15.8. The van der Waals surface area contributed by atoms with Gasteiger partial charge in [-0.3, -0.25) is 0 Å². The van der Waals surface area contributed by atoms with E-state index in [0.717, 1.165) is 28.7 Å². The van der Waals surface area contributed by atoms with Crippen LogP contribution in [0.1, 0.15) is 41.7 Å². The Bertz CT molecular complexity index is 825. The molecule has 140 valence electrons. The summed E-state index contributed by atoms with van der Waals surface area (Å²) >= 11 is 0.